The Morgan fingerprint density at radius 2 is 2.00 bits per heavy atom. The minimum absolute atomic E-state index is 0.0173. The fourth-order valence-corrected chi connectivity index (χ4v) is 2.22. The molecule has 4 heteroatoms. The maximum Gasteiger partial charge on any atom is 0.149 e. The molecule has 0 amide bonds. The summed E-state index contributed by atoms with van der Waals surface area (Å²) in [5.74, 6) is -1.31. The second-order valence-electron chi connectivity index (χ2n) is 3.96. The van der Waals surface area contributed by atoms with Crippen LogP contribution in [-0.2, 0) is 11.2 Å². The molecule has 1 atom stereocenters. The summed E-state index contributed by atoms with van der Waals surface area (Å²) in [5.41, 5.74) is 0.345. The second kappa shape index (κ2) is 5.53. The molecule has 0 saturated heterocycles. The molecule has 0 radical (unpaired) electrons. The molecule has 88 valence electrons. The van der Waals surface area contributed by atoms with E-state index in [1.807, 2.05) is 0 Å². The van der Waals surface area contributed by atoms with Crippen molar-refractivity contribution in [2.24, 2.45) is 5.92 Å². The van der Waals surface area contributed by atoms with Crippen LogP contribution in [-0.4, -0.2) is 10.6 Å². The number of carbonyl (C=O) groups excluding carboxylic acids is 1. The molecule has 0 spiro atoms. The smallest absolute Gasteiger partial charge is 0.149 e. The summed E-state index contributed by atoms with van der Waals surface area (Å²) in [6.07, 6.45) is 0.239. The van der Waals surface area contributed by atoms with Gasteiger partial charge in [0.05, 0.1) is 4.83 Å². The average Bonchev–Trinajstić information content (AvgIpc) is 2.20. The number of halogens is 3. The second-order valence-corrected chi connectivity index (χ2v) is 5.07. The Morgan fingerprint density at radius 1 is 1.38 bits per heavy atom. The Bertz CT molecular complexity index is 391. The van der Waals surface area contributed by atoms with Gasteiger partial charge in [0.15, 0.2) is 0 Å². The van der Waals surface area contributed by atoms with Gasteiger partial charge in [-0.2, -0.15) is 0 Å². The van der Waals surface area contributed by atoms with Gasteiger partial charge < -0.3 is 0 Å². The molecule has 1 aromatic carbocycles. The fourth-order valence-electron chi connectivity index (χ4n) is 1.34. The van der Waals surface area contributed by atoms with E-state index in [1.54, 1.807) is 13.8 Å². The summed E-state index contributed by atoms with van der Waals surface area (Å²) in [6.45, 7) is 3.58. The van der Waals surface area contributed by atoms with Gasteiger partial charge in [0.25, 0.3) is 0 Å². The quantitative estimate of drug-likeness (QED) is 0.776. The number of ketones is 1. The molecule has 16 heavy (non-hydrogen) atoms. The third-order valence-corrected chi connectivity index (χ3v) is 3.07. The molecule has 0 heterocycles. The van der Waals surface area contributed by atoms with E-state index in [2.05, 4.69) is 15.9 Å². The number of Topliss-reactive ketones (excluding diaryl/α,β-unsaturated/α-hetero) is 1. The molecule has 0 aromatic heterocycles. The monoisotopic (exact) mass is 290 g/mol. The van der Waals surface area contributed by atoms with Crippen LogP contribution in [0.4, 0.5) is 8.78 Å². The van der Waals surface area contributed by atoms with Gasteiger partial charge in [0, 0.05) is 12.0 Å². The lowest BCUT2D eigenvalue weighted by Crippen LogP contribution is -2.22. The number of hydrogen-bond donors (Lipinski definition) is 0. The van der Waals surface area contributed by atoms with Gasteiger partial charge >= 0.3 is 0 Å². The molecular weight excluding hydrogens is 278 g/mol. The lowest BCUT2D eigenvalue weighted by Gasteiger charge is -2.11. The molecular formula is C12H13BrF2O. The van der Waals surface area contributed by atoms with Crippen molar-refractivity contribution in [3.63, 3.8) is 0 Å². The summed E-state index contributed by atoms with van der Waals surface area (Å²) in [5, 5.41) is 0. The van der Waals surface area contributed by atoms with Crippen molar-refractivity contribution in [1.82, 2.24) is 0 Å². The van der Waals surface area contributed by atoms with E-state index in [4.69, 9.17) is 0 Å². The van der Waals surface area contributed by atoms with Gasteiger partial charge in [-0.1, -0.05) is 35.8 Å². The molecule has 0 bridgehead atoms. The van der Waals surface area contributed by atoms with E-state index in [-0.39, 0.29) is 18.1 Å². The summed E-state index contributed by atoms with van der Waals surface area (Å²) in [4.78, 5) is 11.2. The normalized spacial score (nSPS) is 12.9. The van der Waals surface area contributed by atoms with E-state index in [0.717, 1.165) is 6.07 Å². The van der Waals surface area contributed by atoms with Crippen LogP contribution in [0.1, 0.15) is 19.4 Å². The van der Waals surface area contributed by atoms with Gasteiger partial charge in [0.2, 0.25) is 0 Å². The van der Waals surface area contributed by atoms with Crippen LogP contribution in [0, 0.1) is 17.6 Å². The highest BCUT2D eigenvalue weighted by Gasteiger charge is 2.19. The van der Waals surface area contributed by atoms with Crippen LogP contribution < -0.4 is 0 Å². The van der Waals surface area contributed by atoms with Crippen molar-refractivity contribution >= 4 is 21.7 Å². The Labute approximate surface area is 102 Å². The molecule has 1 aromatic rings. The SMILES string of the molecule is CC(C)C(=O)C(Br)Cc1ccc(F)cc1F. The van der Waals surface area contributed by atoms with Crippen LogP contribution in [0.15, 0.2) is 18.2 Å². The number of carbonyl (C=O) groups is 1. The first-order valence-electron chi connectivity index (χ1n) is 5.03. The van der Waals surface area contributed by atoms with Crippen LogP contribution in [0.3, 0.4) is 0 Å². The summed E-state index contributed by atoms with van der Waals surface area (Å²) in [6, 6.07) is 3.39. The predicted molar refractivity (Wildman–Crippen MR) is 62.6 cm³/mol. The molecule has 0 N–H and O–H groups in total. The Morgan fingerprint density at radius 3 is 2.50 bits per heavy atom. The third kappa shape index (κ3) is 3.37. The minimum atomic E-state index is -0.610. The number of rotatable bonds is 4. The zero-order valence-corrected chi connectivity index (χ0v) is 10.7. The van der Waals surface area contributed by atoms with E-state index in [1.165, 1.54) is 12.1 Å². The van der Waals surface area contributed by atoms with Crippen LogP contribution >= 0.6 is 15.9 Å². The highest BCUT2D eigenvalue weighted by molar-refractivity contribution is 9.10. The van der Waals surface area contributed by atoms with Gasteiger partial charge in [-0.3, -0.25) is 4.79 Å². The zero-order chi connectivity index (χ0) is 12.3. The van der Waals surface area contributed by atoms with E-state index in [0.29, 0.717) is 5.56 Å². The topological polar surface area (TPSA) is 17.1 Å². The van der Waals surface area contributed by atoms with E-state index < -0.39 is 16.5 Å². The molecule has 0 aliphatic rings. The first kappa shape index (κ1) is 13.3. The van der Waals surface area contributed by atoms with E-state index >= 15 is 0 Å². The van der Waals surface area contributed by atoms with Crippen LogP contribution in [0.25, 0.3) is 0 Å². The average molecular weight is 291 g/mol. The molecule has 0 aliphatic carbocycles. The number of alkyl halides is 1. The molecule has 1 rings (SSSR count). The molecule has 1 nitrogen and oxygen atoms in total. The predicted octanol–water partition coefficient (Wildman–Crippen LogP) is 3.50. The third-order valence-electron chi connectivity index (χ3n) is 2.29. The number of benzene rings is 1. The Balaban J connectivity index is 2.77. The minimum Gasteiger partial charge on any atom is -0.298 e. The molecule has 1 unspecified atom stereocenters. The highest BCUT2D eigenvalue weighted by atomic mass is 79.9. The Hall–Kier alpha value is -0.770. The van der Waals surface area contributed by atoms with Gasteiger partial charge in [-0.25, -0.2) is 8.78 Å². The van der Waals surface area contributed by atoms with E-state index in [9.17, 15) is 13.6 Å². The molecule has 0 aliphatic heterocycles. The standard InChI is InChI=1S/C12H13BrF2O/c1-7(2)12(16)10(13)5-8-3-4-9(14)6-11(8)15/h3-4,6-7,10H,5H2,1-2H3. The first-order chi connectivity index (χ1) is 7.41. The van der Waals surface area contributed by atoms with Crippen molar-refractivity contribution in [2.75, 3.05) is 0 Å². The van der Waals surface area contributed by atoms with Crippen molar-refractivity contribution in [3.05, 3.63) is 35.4 Å². The molecule has 0 fully saturated rings. The molecule has 0 saturated carbocycles. The zero-order valence-electron chi connectivity index (χ0n) is 9.14. The summed E-state index contributed by atoms with van der Waals surface area (Å²) < 4.78 is 26.0. The largest absolute Gasteiger partial charge is 0.298 e. The maximum atomic E-state index is 13.3. The van der Waals surface area contributed by atoms with Crippen LogP contribution in [0.5, 0.6) is 0 Å². The summed E-state index contributed by atoms with van der Waals surface area (Å²) in [7, 11) is 0. The summed E-state index contributed by atoms with van der Waals surface area (Å²) >= 11 is 3.22. The van der Waals surface area contributed by atoms with Crippen molar-refractivity contribution < 1.29 is 13.6 Å². The van der Waals surface area contributed by atoms with Crippen molar-refractivity contribution in [3.8, 4) is 0 Å². The van der Waals surface area contributed by atoms with Crippen molar-refractivity contribution in [1.29, 1.82) is 0 Å². The highest BCUT2D eigenvalue weighted by Crippen LogP contribution is 2.18. The van der Waals surface area contributed by atoms with Crippen molar-refractivity contribution in [2.45, 2.75) is 25.1 Å². The van der Waals surface area contributed by atoms with Gasteiger partial charge in [-0.05, 0) is 18.1 Å². The Kier molecular flexibility index (Phi) is 4.59. The fraction of sp³-hybridized carbons (Fsp3) is 0.417. The lowest BCUT2D eigenvalue weighted by molar-refractivity contribution is -0.121. The van der Waals surface area contributed by atoms with Gasteiger partial charge in [-0.15, -0.1) is 0 Å². The lowest BCUT2D eigenvalue weighted by atomic mass is 10.0. The van der Waals surface area contributed by atoms with Gasteiger partial charge in [0.1, 0.15) is 17.4 Å². The maximum absolute atomic E-state index is 13.3. The van der Waals surface area contributed by atoms with Crippen LogP contribution in [0.2, 0.25) is 0 Å². The number of hydrogen-bond acceptors (Lipinski definition) is 1. The first-order valence-corrected chi connectivity index (χ1v) is 5.95.